The Hall–Kier alpha value is -1.31. The normalized spacial score (nSPS) is 17.4. The summed E-state index contributed by atoms with van der Waals surface area (Å²) in [7, 11) is 0. The van der Waals surface area contributed by atoms with Crippen LogP contribution in [0, 0.1) is 0 Å². The summed E-state index contributed by atoms with van der Waals surface area (Å²) in [4.78, 5) is 2.65. The lowest BCUT2D eigenvalue weighted by Gasteiger charge is -2.43. The minimum absolute atomic E-state index is 0. The summed E-state index contributed by atoms with van der Waals surface area (Å²) >= 11 is 0. The maximum atomic E-state index is 2.65. The molecular weight excluding hydrogens is 302 g/mol. The molecule has 1 saturated heterocycles. The Morgan fingerprint density at radius 3 is 1.74 bits per heavy atom. The molecule has 0 unspecified atom stereocenters. The van der Waals surface area contributed by atoms with E-state index in [1.54, 1.807) is 0 Å². The van der Waals surface area contributed by atoms with Crippen LogP contribution < -0.4 is 0 Å². The topological polar surface area (TPSA) is 3.24 Å². The Morgan fingerprint density at radius 2 is 1.30 bits per heavy atom. The van der Waals surface area contributed by atoms with Gasteiger partial charge in [0, 0.05) is 5.41 Å². The van der Waals surface area contributed by atoms with Crippen molar-refractivity contribution in [1.29, 1.82) is 0 Å². The van der Waals surface area contributed by atoms with Gasteiger partial charge in [-0.25, -0.2) is 0 Å². The Kier molecular flexibility index (Phi) is 6.68. The fourth-order valence-electron chi connectivity index (χ4n) is 3.80. The van der Waals surface area contributed by atoms with Gasteiger partial charge >= 0.3 is 0 Å². The highest BCUT2D eigenvalue weighted by molar-refractivity contribution is 5.85. The second kappa shape index (κ2) is 8.52. The zero-order valence-corrected chi connectivity index (χ0v) is 14.9. The Balaban J connectivity index is 0.00000192. The van der Waals surface area contributed by atoms with Crippen molar-refractivity contribution < 1.29 is 0 Å². The van der Waals surface area contributed by atoms with Gasteiger partial charge in [-0.05, 0) is 50.0 Å². The fourth-order valence-corrected chi connectivity index (χ4v) is 3.80. The molecule has 0 aromatic heterocycles. The van der Waals surface area contributed by atoms with Gasteiger partial charge in [-0.2, -0.15) is 0 Å². The van der Waals surface area contributed by atoms with E-state index in [4.69, 9.17) is 0 Å². The first kappa shape index (κ1) is 18.0. The first-order valence-corrected chi connectivity index (χ1v) is 8.68. The number of halogens is 1. The number of likely N-dealkylation sites (tertiary alicyclic amines) is 1. The largest absolute Gasteiger partial charge is 0.303 e. The highest BCUT2D eigenvalue weighted by Gasteiger charge is 2.37. The highest BCUT2D eigenvalue weighted by atomic mass is 35.5. The molecule has 0 N–H and O–H groups in total. The molecule has 1 heterocycles. The van der Waals surface area contributed by atoms with Crippen LogP contribution in [0.4, 0.5) is 0 Å². The third kappa shape index (κ3) is 3.97. The summed E-state index contributed by atoms with van der Waals surface area (Å²) < 4.78 is 0. The summed E-state index contributed by atoms with van der Waals surface area (Å²) in [5.41, 5.74) is 3.17. The van der Waals surface area contributed by atoms with Gasteiger partial charge in [0.2, 0.25) is 0 Å². The van der Waals surface area contributed by atoms with E-state index in [0.717, 1.165) is 0 Å². The molecule has 1 nitrogen and oxygen atoms in total. The third-order valence-corrected chi connectivity index (χ3v) is 5.19. The van der Waals surface area contributed by atoms with Crippen LogP contribution in [0.1, 0.15) is 43.7 Å². The smallest absolute Gasteiger partial charge is 0.0227 e. The van der Waals surface area contributed by atoms with Crippen LogP contribution in [-0.2, 0) is 5.41 Å². The van der Waals surface area contributed by atoms with Gasteiger partial charge in [0.1, 0.15) is 0 Å². The van der Waals surface area contributed by atoms with Crippen molar-refractivity contribution in [3.05, 3.63) is 71.8 Å². The van der Waals surface area contributed by atoms with Crippen molar-refractivity contribution in [2.45, 2.75) is 38.0 Å². The van der Waals surface area contributed by atoms with Crippen LogP contribution in [0.25, 0.3) is 0 Å². The van der Waals surface area contributed by atoms with E-state index >= 15 is 0 Å². The molecular formula is C21H28ClN. The summed E-state index contributed by atoms with van der Waals surface area (Å²) in [5.74, 6) is 0. The van der Waals surface area contributed by atoms with Crippen molar-refractivity contribution in [2.75, 3.05) is 19.6 Å². The summed E-state index contributed by atoms with van der Waals surface area (Å²) in [6, 6.07) is 22.2. The van der Waals surface area contributed by atoms with Crippen molar-refractivity contribution in [3.8, 4) is 0 Å². The lowest BCUT2D eigenvalue weighted by Crippen LogP contribution is -2.43. The van der Waals surface area contributed by atoms with E-state index < -0.39 is 0 Å². The van der Waals surface area contributed by atoms with Crippen LogP contribution in [-0.4, -0.2) is 24.5 Å². The van der Waals surface area contributed by atoms with E-state index in [-0.39, 0.29) is 17.8 Å². The second-order valence-electron chi connectivity index (χ2n) is 6.51. The molecule has 0 saturated carbocycles. The number of benzene rings is 2. The number of nitrogens with zero attached hydrogens (tertiary/aromatic N) is 1. The molecule has 1 aliphatic rings. The fraction of sp³-hybridized carbons (Fsp3) is 0.429. The van der Waals surface area contributed by atoms with E-state index in [1.165, 1.54) is 56.4 Å². The van der Waals surface area contributed by atoms with Crippen LogP contribution in [0.2, 0.25) is 0 Å². The predicted molar refractivity (Wildman–Crippen MR) is 101 cm³/mol. The van der Waals surface area contributed by atoms with Gasteiger partial charge in [-0.1, -0.05) is 74.0 Å². The van der Waals surface area contributed by atoms with Gasteiger partial charge in [0.05, 0.1) is 0 Å². The second-order valence-corrected chi connectivity index (χ2v) is 6.51. The quantitative estimate of drug-likeness (QED) is 0.720. The van der Waals surface area contributed by atoms with Crippen molar-refractivity contribution in [2.24, 2.45) is 0 Å². The zero-order chi connectivity index (χ0) is 15.3. The molecule has 2 aromatic rings. The molecule has 1 aliphatic heterocycles. The third-order valence-electron chi connectivity index (χ3n) is 5.19. The van der Waals surface area contributed by atoms with Crippen LogP contribution in [0.15, 0.2) is 60.7 Å². The maximum Gasteiger partial charge on any atom is 0.0227 e. The lowest BCUT2D eigenvalue weighted by molar-refractivity contribution is 0.177. The van der Waals surface area contributed by atoms with Crippen LogP contribution >= 0.6 is 12.4 Å². The first-order chi connectivity index (χ1) is 10.8. The summed E-state index contributed by atoms with van der Waals surface area (Å²) in [6.07, 6.45) is 5.07. The lowest BCUT2D eigenvalue weighted by atomic mass is 9.68. The van der Waals surface area contributed by atoms with Gasteiger partial charge in [-0.3, -0.25) is 0 Å². The molecule has 23 heavy (non-hydrogen) atoms. The molecule has 124 valence electrons. The minimum atomic E-state index is 0. The minimum Gasteiger partial charge on any atom is -0.303 e. The molecule has 0 atom stereocenters. The zero-order valence-electron chi connectivity index (χ0n) is 14.1. The molecule has 1 fully saturated rings. The molecule has 0 spiro atoms. The molecule has 0 bridgehead atoms. The van der Waals surface area contributed by atoms with Gasteiger partial charge in [0.15, 0.2) is 0 Å². The molecule has 0 radical (unpaired) electrons. The summed E-state index contributed by atoms with van der Waals surface area (Å²) in [5, 5.41) is 0. The molecule has 3 rings (SSSR count). The highest BCUT2D eigenvalue weighted by Crippen LogP contribution is 2.41. The van der Waals surface area contributed by atoms with Crippen LogP contribution in [0.5, 0.6) is 0 Å². The van der Waals surface area contributed by atoms with Crippen LogP contribution in [0.3, 0.4) is 0 Å². The number of piperidine rings is 1. The average molecular weight is 330 g/mol. The van der Waals surface area contributed by atoms with E-state index in [0.29, 0.717) is 0 Å². The Labute approximate surface area is 147 Å². The molecule has 2 aromatic carbocycles. The van der Waals surface area contributed by atoms with E-state index in [2.05, 4.69) is 72.5 Å². The number of hydrogen-bond acceptors (Lipinski definition) is 1. The van der Waals surface area contributed by atoms with Crippen molar-refractivity contribution in [3.63, 3.8) is 0 Å². The molecule has 0 amide bonds. The monoisotopic (exact) mass is 329 g/mol. The SMILES string of the molecule is CCCCN1CCC(c2ccccc2)(c2ccccc2)CC1.Cl. The van der Waals surface area contributed by atoms with Gasteiger partial charge in [-0.15, -0.1) is 12.4 Å². The van der Waals surface area contributed by atoms with E-state index in [9.17, 15) is 0 Å². The van der Waals surface area contributed by atoms with Gasteiger partial charge < -0.3 is 4.90 Å². The standard InChI is InChI=1S/C21H27N.ClH/c1-2-3-16-22-17-14-21(15-18-22,19-10-6-4-7-11-19)20-12-8-5-9-13-20;/h4-13H,2-3,14-18H2,1H3;1H. The summed E-state index contributed by atoms with van der Waals surface area (Å²) in [6.45, 7) is 5.96. The average Bonchev–Trinajstić information content (AvgIpc) is 2.62. The Bertz CT molecular complexity index is 517. The van der Waals surface area contributed by atoms with Crippen molar-refractivity contribution >= 4 is 12.4 Å². The maximum absolute atomic E-state index is 2.65. The predicted octanol–water partition coefficient (Wildman–Crippen LogP) is 5.29. The Morgan fingerprint density at radius 1 is 0.826 bits per heavy atom. The van der Waals surface area contributed by atoms with Crippen molar-refractivity contribution in [1.82, 2.24) is 4.90 Å². The first-order valence-electron chi connectivity index (χ1n) is 8.68. The van der Waals surface area contributed by atoms with E-state index in [1.807, 2.05) is 0 Å². The van der Waals surface area contributed by atoms with Gasteiger partial charge in [0.25, 0.3) is 0 Å². The number of unbranched alkanes of at least 4 members (excludes halogenated alkanes) is 1. The molecule has 2 heteroatoms. The number of rotatable bonds is 5. The number of hydrogen-bond donors (Lipinski definition) is 0. The molecule has 0 aliphatic carbocycles.